The number of fused-ring (bicyclic) bond motifs is 1. The van der Waals surface area contributed by atoms with E-state index in [1.54, 1.807) is 30.1 Å². The average molecular weight is 447 g/mol. The monoisotopic (exact) mass is 446 g/mol. The van der Waals surface area contributed by atoms with Crippen LogP contribution >= 0.6 is 0 Å². The van der Waals surface area contributed by atoms with Crippen LogP contribution in [0.25, 0.3) is 10.8 Å². The van der Waals surface area contributed by atoms with Gasteiger partial charge in [0.2, 0.25) is 5.91 Å². The quantitative estimate of drug-likeness (QED) is 0.626. The number of carbonyl (C=O) groups excluding carboxylic acids is 1. The molecule has 1 aliphatic heterocycles. The molecule has 0 aliphatic carbocycles. The summed E-state index contributed by atoms with van der Waals surface area (Å²) in [6, 6.07) is 17.2. The Morgan fingerprint density at radius 3 is 2.67 bits per heavy atom. The maximum atomic E-state index is 13.8. The average Bonchev–Trinajstić information content (AvgIpc) is 3.25. The minimum absolute atomic E-state index is 0.00222. The Morgan fingerprint density at radius 2 is 2.03 bits per heavy atom. The van der Waals surface area contributed by atoms with E-state index in [-0.39, 0.29) is 24.3 Å². The number of likely N-dealkylation sites (N-methyl/N-ethyl adjacent to an activating group) is 1. The number of halogens is 1. The molecule has 2 atom stereocenters. The van der Waals surface area contributed by atoms with Gasteiger partial charge in [0.05, 0.1) is 12.7 Å². The van der Waals surface area contributed by atoms with Crippen LogP contribution < -0.4 is 10.5 Å². The molecular weight excluding hydrogens is 419 g/mol. The smallest absolute Gasteiger partial charge is 0.244 e. The summed E-state index contributed by atoms with van der Waals surface area (Å²) < 4.78 is 19.2. The highest BCUT2D eigenvalue weighted by molar-refractivity contribution is 5.91. The van der Waals surface area contributed by atoms with E-state index in [0.717, 1.165) is 28.3 Å². The van der Waals surface area contributed by atoms with Crippen molar-refractivity contribution < 1.29 is 13.9 Å². The van der Waals surface area contributed by atoms with Gasteiger partial charge >= 0.3 is 0 Å². The molecule has 1 amide bonds. The van der Waals surface area contributed by atoms with Crippen LogP contribution in [0.1, 0.15) is 29.2 Å². The first-order chi connectivity index (χ1) is 15.9. The summed E-state index contributed by atoms with van der Waals surface area (Å²) in [5.74, 6) is 0.00234. The van der Waals surface area contributed by atoms with Gasteiger partial charge in [-0.3, -0.25) is 9.69 Å². The van der Waals surface area contributed by atoms with Gasteiger partial charge in [0.1, 0.15) is 23.7 Å². The minimum Gasteiger partial charge on any atom is -0.495 e. The Bertz CT molecular complexity index is 1210. The fourth-order valence-electron chi connectivity index (χ4n) is 4.61. The van der Waals surface area contributed by atoms with E-state index in [1.165, 1.54) is 19.2 Å². The van der Waals surface area contributed by atoms with E-state index in [2.05, 4.69) is 11.0 Å². The molecule has 1 saturated heterocycles. The Kier molecular flexibility index (Phi) is 6.59. The first kappa shape index (κ1) is 22.7. The topological polar surface area (TPSA) is 82.6 Å². The molecule has 3 aromatic carbocycles. The second-order valence-electron chi connectivity index (χ2n) is 8.46. The SMILES string of the molecule is COc1c(C#N)cc2ccccc2c1CN(C)C(=O)C(c1ccc(F)cc1)N1CC[C@H](N)C1. The fourth-order valence-corrected chi connectivity index (χ4v) is 4.61. The zero-order valence-corrected chi connectivity index (χ0v) is 18.8. The highest BCUT2D eigenvalue weighted by atomic mass is 19.1. The summed E-state index contributed by atoms with van der Waals surface area (Å²) >= 11 is 0. The van der Waals surface area contributed by atoms with Crippen molar-refractivity contribution in [1.29, 1.82) is 5.26 Å². The number of nitrogens with zero attached hydrogens (tertiary/aromatic N) is 3. The van der Waals surface area contributed by atoms with Gasteiger partial charge in [0.15, 0.2) is 0 Å². The van der Waals surface area contributed by atoms with Crippen molar-refractivity contribution in [3.8, 4) is 11.8 Å². The number of rotatable bonds is 6. The number of likely N-dealkylation sites (tertiary alicyclic amines) is 1. The number of amides is 1. The molecule has 0 spiro atoms. The molecule has 1 unspecified atom stereocenters. The van der Waals surface area contributed by atoms with Crippen molar-refractivity contribution in [1.82, 2.24) is 9.80 Å². The van der Waals surface area contributed by atoms with E-state index in [0.29, 0.717) is 24.4 Å². The van der Waals surface area contributed by atoms with E-state index < -0.39 is 6.04 Å². The second-order valence-corrected chi connectivity index (χ2v) is 8.46. The van der Waals surface area contributed by atoms with Crippen molar-refractivity contribution in [2.24, 2.45) is 5.73 Å². The summed E-state index contributed by atoms with van der Waals surface area (Å²) in [7, 11) is 3.27. The normalized spacial score (nSPS) is 17.0. The number of nitrogens with two attached hydrogens (primary N) is 1. The van der Waals surface area contributed by atoms with Crippen LogP contribution in [0.4, 0.5) is 4.39 Å². The summed E-state index contributed by atoms with van der Waals surface area (Å²) in [4.78, 5) is 17.5. The molecule has 0 saturated carbocycles. The molecule has 7 heteroatoms. The van der Waals surface area contributed by atoms with Gasteiger partial charge in [-0.25, -0.2) is 4.39 Å². The Balaban J connectivity index is 1.71. The number of methoxy groups -OCH3 is 1. The van der Waals surface area contributed by atoms with Crippen LogP contribution in [0.2, 0.25) is 0 Å². The molecule has 3 aromatic rings. The number of hydrogen-bond acceptors (Lipinski definition) is 5. The van der Waals surface area contributed by atoms with Crippen LogP contribution in [0.3, 0.4) is 0 Å². The summed E-state index contributed by atoms with van der Waals surface area (Å²) in [6.07, 6.45) is 0.803. The molecule has 0 radical (unpaired) electrons. The standard InChI is InChI=1S/C26H27FN4O2/c1-30(16-23-22-6-4-3-5-18(22)13-19(14-28)25(23)33-2)26(32)24(31-12-11-21(29)15-31)17-7-9-20(27)10-8-17/h3-10,13,21,24H,11-12,15-16,29H2,1-2H3/t21-,24?/m0/s1. The molecule has 4 rings (SSSR count). The molecule has 1 aliphatic rings. The van der Waals surface area contributed by atoms with Gasteiger partial charge in [-0.15, -0.1) is 0 Å². The summed E-state index contributed by atoms with van der Waals surface area (Å²) in [5.41, 5.74) is 8.05. The molecular formula is C26H27FN4O2. The Hall–Kier alpha value is -3.47. The van der Waals surface area contributed by atoms with Gasteiger partial charge < -0.3 is 15.4 Å². The Labute approximate surface area is 193 Å². The van der Waals surface area contributed by atoms with Crippen molar-refractivity contribution in [3.05, 3.63) is 77.1 Å². The Morgan fingerprint density at radius 1 is 1.30 bits per heavy atom. The second kappa shape index (κ2) is 9.57. The number of carbonyl (C=O) groups is 1. The third-order valence-electron chi connectivity index (χ3n) is 6.24. The zero-order chi connectivity index (χ0) is 23.5. The molecule has 0 bridgehead atoms. The lowest BCUT2D eigenvalue weighted by Crippen LogP contribution is -2.41. The molecule has 33 heavy (non-hydrogen) atoms. The van der Waals surface area contributed by atoms with Crippen molar-refractivity contribution in [2.45, 2.75) is 25.0 Å². The highest BCUT2D eigenvalue weighted by Gasteiger charge is 2.34. The van der Waals surface area contributed by atoms with Gasteiger partial charge in [0.25, 0.3) is 0 Å². The fraction of sp³-hybridized carbons (Fsp3) is 0.308. The van der Waals surface area contributed by atoms with Gasteiger partial charge in [-0.05, 0) is 41.0 Å². The number of ether oxygens (including phenoxy) is 1. The van der Waals surface area contributed by atoms with Gasteiger partial charge in [-0.1, -0.05) is 36.4 Å². The van der Waals surface area contributed by atoms with E-state index >= 15 is 0 Å². The predicted molar refractivity (Wildman–Crippen MR) is 125 cm³/mol. The lowest BCUT2D eigenvalue weighted by Gasteiger charge is -2.31. The number of nitriles is 1. The maximum Gasteiger partial charge on any atom is 0.244 e. The summed E-state index contributed by atoms with van der Waals surface area (Å²) in [5, 5.41) is 11.5. The third kappa shape index (κ3) is 4.54. The largest absolute Gasteiger partial charge is 0.495 e. The van der Waals surface area contributed by atoms with Crippen LogP contribution in [-0.4, -0.2) is 49.0 Å². The minimum atomic E-state index is -0.569. The van der Waals surface area contributed by atoms with Crippen molar-refractivity contribution in [3.63, 3.8) is 0 Å². The molecule has 6 nitrogen and oxygen atoms in total. The lowest BCUT2D eigenvalue weighted by molar-refractivity contribution is -0.136. The number of hydrogen-bond donors (Lipinski definition) is 1. The first-order valence-electron chi connectivity index (χ1n) is 10.9. The van der Waals surface area contributed by atoms with Crippen molar-refractivity contribution >= 4 is 16.7 Å². The van der Waals surface area contributed by atoms with E-state index in [4.69, 9.17) is 10.5 Å². The maximum absolute atomic E-state index is 13.8. The molecule has 0 aromatic heterocycles. The molecule has 1 heterocycles. The van der Waals surface area contributed by atoms with E-state index in [1.807, 2.05) is 24.3 Å². The summed E-state index contributed by atoms with van der Waals surface area (Å²) in [6.45, 7) is 1.55. The highest BCUT2D eigenvalue weighted by Crippen LogP contribution is 2.34. The van der Waals surface area contributed by atoms with Crippen molar-refractivity contribution in [2.75, 3.05) is 27.2 Å². The third-order valence-corrected chi connectivity index (χ3v) is 6.24. The van der Waals surface area contributed by atoms with Crippen LogP contribution in [-0.2, 0) is 11.3 Å². The van der Waals surface area contributed by atoms with E-state index in [9.17, 15) is 14.4 Å². The van der Waals surface area contributed by atoms with Crippen LogP contribution in [0, 0.1) is 17.1 Å². The first-order valence-corrected chi connectivity index (χ1v) is 10.9. The predicted octanol–water partition coefficient (Wildman–Crippen LogP) is 3.59. The molecule has 170 valence electrons. The van der Waals surface area contributed by atoms with Gasteiger partial charge in [-0.2, -0.15) is 5.26 Å². The lowest BCUT2D eigenvalue weighted by atomic mass is 9.98. The number of benzene rings is 3. The molecule has 2 N–H and O–H groups in total. The van der Waals surface area contributed by atoms with Crippen LogP contribution in [0.5, 0.6) is 5.75 Å². The van der Waals surface area contributed by atoms with Crippen LogP contribution in [0.15, 0.2) is 54.6 Å². The van der Waals surface area contributed by atoms with Gasteiger partial charge in [0, 0.05) is 38.3 Å². The zero-order valence-electron chi connectivity index (χ0n) is 18.8. The molecule has 1 fully saturated rings.